The Balaban J connectivity index is 2.27. The van der Waals surface area contributed by atoms with Crippen molar-refractivity contribution in [1.29, 1.82) is 0 Å². The Morgan fingerprint density at radius 3 is 2.80 bits per heavy atom. The summed E-state index contributed by atoms with van der Waals surface area (Å²) >= 11 is 1.65. The molecule has 0 spiro atoms. The van der Waals surface area contributed by atoms with Gasteiger partial charge in [0.05, 0.1) is 12.1 Å². The minimum Gasteiger partial charge on any atom is -0.465 e. The van der Waals surface area contributed by atoms with Gasteiger partial charge in [-0.1, -0.05) is 0 Å². The first kappa shape index (κ1) is 12.6. The summed E-state index contributed by atoms with van der Waals surface area (Å²) in [5.74, 6) is 2.56. The smallest absolute Gasteiger partial charge is 0.117 e. The van der Waals surface area contributed by atoms with E-state index in [-0.39, 0.29) is 0 Å². The molecule has 0 radical (unpaired) electrons. The molecule has 1 rings (SSSR count). The number of aryl methyl sites for hydroxylation is 1. The lowest BCUT2D eigenvalue weighted by atomic mass is 10.1. The maximum Gasteiger partial charge on any atom is 0.117 e. The topological polar surface area (TPSA) is 45.4 Å². The van der Waals surface area contributed by atoms with Crippen LogP contribution in [-0.2, 0) is 6.54 Å². The first-order valence-electron chi connectivity index (χ1n) is 5.01. The molecule has 86 valence electrons. The van der Waals surface area contributed by atoms with Crippen LogP contribution < -0.4 is 5.32 Å². The molecule has 3 nitrogen and oxygen atoms in total. The summed E-state index contributed by atoms with van der Waals surface area (Å²) in [4.78, 5) is 0. The van der Waals surface area contributed by atoms with Crippen molar-refractivity contribution < 1.29 is 9.52 Å². The molecule has 0 aliphatic carbocycles. The zero-order chi connectivity index (χ0) is 11.3. The molecule has 0 saturated carbocycles. The third-order valence-electron chi connectivity index (χ3n) is 2.06. The Morgan fingerprint density at radius 1 is 1.53 bits per heavy atom. The van der Waals surface area contributed by atoms with E-state index in [9.17, 15) is 5.11 Å². The van der Waals surface area contributed by atoms with E-state index in [1.54, 1.807) is 11.8 Å². The number of aliphatic hydroxyl groups is 1. The van der Waals surface area contributed by atoms with Crippen LogP contribution >= 0.6 is 11.8 Å². The monoisotopic (exact) mass is 229 g/mol. The molecule has 0 fully saturated rings. The first-order chi connectivity index (χ1) is 7.03. The molecule has 1 unspecified atom stereocenters. The number of furan rings is 1. The van der Waals surface area contributed by atoms with Crippen LogP contribution in [0.4, 0.5) is 0 Å². The molecule has 0 bridgehead atoms. The van der Waals surface area contributed by atoms with Gasteiger partial charge in [-0.05, 0) is 32.2 Å². The van der Waals surface area contributed by atoms with Crippen molar-refractivity contribution in [3.63, 3.8) is 0 Å². The lowest BCUT2D eigenvalue weighted by Gasteiger charge is -2.22. The van der Waals surface area contributed by atoms with Gasteiger partial charge in [0.25, 0.3) is 0 Å². The van der Waals surface area contributed by atoms with Crippen LogP contribution in [0, 0.1) is 6.92 Å². The second kappa shape index (κ2) is 5.58. The van der Waals surface area contributed by atoms with E-state index in [0.29, 0.717) is 13.1 Å². The number of nitrogens with one attached hydrogen (secondary N) is 1. The van der Waals surface area contributed by atoms with Crippen LogP contribution in [0.2, 0.25) is 0 Å². The second-order valence-corrected chi connectivity index (χ2v) is 4.91. The summed E-state index contributed by atoms with van der Waals surface area (Å²) in [6.07, 6.45) is 1.99. The third kappa shape index (κ3) is 4.73. The Hall–Kier alpha value is -0.450. The van der Waals surface area contributed by atoms with Crippen LogP contribution in [0.25, 0.3) is 0 Å². The number of thioether (sulfide) groups is 1. The standard InChI is InChI=1S/C11H19NO2S/c1-9-4-5-10(14-9)6-12-7-11(2,13)8-15-3/h4-5,12-13H,6-8H2,1-3H3. The third-order valence-corrected chi connectivity index (χ3v) is 2.97. The molecule has 1 aromatic rings. The molecule has 1 heterocycles. The lowest BCUT2D eigenvalue weighted by Crippen LogP contribution is -2.39. The van der Waals surface area contributed by atoms with Gasteiger partial charge in [-0.25, -0.2) is 0 Å². The predicted octanol–water partition coefficient (Wildman–Crippen LogP) is 1.79. The van der Waals surface area contributed by atoms with Crippen LogP contribution in [0.5, 0.6) is 0 Å². The molecule has 0 aliphatic heterocycles. The first-order valence-corrected chi connectivity index (χ1v) is 6.40. The molecule has 0 aliphatic rings. The fraction of sp³-hybridized carbons (Fsp3) is 0.636. The highest BCUT2D eigenvalue weighted by Gasteiger charge is 2.18. The molecule has 2 N–H and O–H groups in total. The lowest BCUT2D eigenvalue weighted by molar-refractivity contribution is 0.0840. The van der Waals surface area contributed by atoms with Gasteiger partial charge >= 0.3 is 0 Å². The van der Waals surface area contributed by atoms with Crippen LogP contribution in [0.15, 0.2) is 16.5 Å². The summed E-state index contributed by atoms with van der Waals surface area (Å²) in [5.41, 5.74) is -0.652. The van der Waals surface area contributed by atoms with Crippen molar-refractivity contribution in [2.75, 3.05) is 18.6 Å². The average Bonchev–Trinajstić information content (AvgIpc) is 2.51. The van der Waals surface area contributed by atoms with Gasteiger partial charge in [0.2, 0.25) is 0 Å². The Labute approximate surface area is 95.2 Å². The summed E-state index contributed by atoms with van der Waals surface area (Å²) in [7, 11) is 0. The highest BCUT2D eigenvalue weighted by molar-refractivity contribution is 7.98. The zero-order valence-corrected chi connectivity index (χ0v) is 10.4. The van der Waals surface area contributed by atoms with Crippen LogP contribution in [-0.4, -0.2) is 29.3 Å². The highest BCUT2D eigenvalue weighted by Crippen LogP contribution is 2.10. The zero-order valence-electron chi connectivity index (χ0n) is 9.54. The summed E-state index contributed by atoms with van der Waals surface area (Å²) < 4.78 is 5.41. The van der Waals surface area contributed by atoms with Gasteiger partial charge in [0.1, 0.15) is 11.5 Å². The predicted molar refractivity (Wildman–Crippen MR) is 64.2 cm³/mol. The van der Waals surface area contributed by atoms with E-state index in [1.165, 1.54) is 0 Å². The van der Waals surface area contributed by atoms with Crippen molar-refractivity contribution in [2.24, 2.45) is 0 Å². The summed E-state index contributed by atoms with van der Waals surface area (Å²) in [5, 5.41) is 13.1. The van der Waals surface area contributed by atoms with Crippen LogP contribution in [0.3, 0.4) is 0 Å². The molecule has 1 atom stereocenters. The minimum atomic E-state index is -0.652. The molecule has 0 aromatic carbocycles. The largest absolute Gasteiger partial charge is 0.465 e. The van der Waals surface area contributed by atoms with E-state index in [0.717, 1.165) is 17.3 Å². The van der Waals surface area contributed by atoms with Crippen molar-refractivity contribution in [3.05, 3.63) is 23.7 Å². The van der Waals surface area contributed by atoms with Crippen molar-refractivity contribution in [3.8, 4) is 0 Å². The quantitative estimate of drug-likeness (QED) is 0.780. The van der Waals surface area contributed by atoms with Gasteiger partial charge in [-0.3, -0.25) is 0 Å². The van der Waals surface area contributed by atoms with Gasteiger partial charge in [-0.15, -0.1) is 0 Å². The van der Waals surface area contributed by atoms with E-state index < -0.39 is 5.60 Å². The normalized spacial score (nSPS) is 15.2. The minimum absolute atomic E-state index is 0.577. The number of hydrogen-bond donors (Lipinski definition) is 2. The SMILES string of the molecule is CSCC(C)(O)CNCc1ccc(C)o1. The number of rotatable bonds is 6. The van der Waals surface area contributed by atoms with Crippen LogP contribution in [0.1, 0.15) is 18.4 Å². The summed E-state index contributed by atoms with van der Waals surface area (Å²) in [6.45, 7) is 5.00. The van der Waals surface area contributed by atoms with E-state index in [2.05, 4.69) is 5.32 Å². The highest BCUT2D eigenvalue weighted by atomic mass is 32.2. The van der Waals surface area contributed by atoms with E-state index in [1.807, 2.05) is 32.2 Å². The molecular formula is C11H19NO2S. The van der Waals surface area contributed by atoms with Crippen molar-refractivity contribution in [2.45, 2.75) is 26.0 Å². The maximum absolute atomic E-state index is 9.88. The summed E-state index contributed by atoms with van der Waals surface area (Å²) in [6, 6.07) is 3.89. The molecular weight excluding hydrogens is 210 g/mol. The van der Waals surface area contributed by atoms with E-state index >= 15 is 0 Å². The molecule has 0 saturated heterocycles. The number of hydrogen-bond acceptors (Lipinski definition) is 4. The fourth-order valence-corrected chi connectivity index (χ4v) is 2.12. The van der Waals surface area contributed by atoms with Gasteiger partial charge < -0.3 is 14.8 Å². The molecule has 1 aromatic heterocycles. The van der Waals surface area contributed by atoms with E-state index in [4.69, 9.17) is 4.42 Å². The maximum atomic E-state index is 9.88. The fourth-order valence-electron chi connectivity index (χ4n) is 1.40. The van der Waals surface area contributed by atoms with Gasteiger partial charge in [0.15, 0.2) is 0 Å². The molecule has 15 heavy (non-hydrogen) atoms. The Morgan fingerprint density at radius 2 is 2.27 bits per heavy atom. The Bertz CT molecular complexity index is 297. The molecule has 4 heteroatoms. The average molecular weight is 229 g/mol. The second-order valence-electron chi connectivity index (χ2n) is 4.05. The van der Waals surface area contributed by atoms with Gasteiger partial charge in [-0.2, -0.15) is 11.8 Å². The Kier molecular flexibility index (Phi) is 4.70. The molecule has 0 amide bonds. The van der Waals surface area contributed by atoms with Crippen molar-refractivity contribution in [1.82, 2.24) is 5.32 Å². The van der Waals surface area contributed by atoms with Crippen molar-refractivity contribution >= 4 is 11.8 Å². The van der Waals surface area contributed by atoms with Gasteiger partial charge in [0, 0.05) is 12.3 Å².